The van der Waals surface area contributed by atoms with Crippen molar-refractivity contribution in [2.45, 2.75) is 44.4 Å². The van der Waals surface area contributed by atoms with Crippen LogP contribution in [-0.2, 0) is 10.0 Å². The molecule has 35 heavy (non-hydrogen) atoms. The summed E-state index contributed by atoms with van der Waals surface area (Å²) in [5, 5.41) is 1.01. The number of sulfonamides is 1. The van der Waals surface area contributed by atoms with E-state index in [4.69, 9.17) is 4.98 Å². The van der Waals surface area contributed by atoms with Crippen LogP contribution in [0.15, 0.2) is 41.3 Å². The van der Waals surface area contributed by atoms with Crippen molar-refractivity contribution in [3.8, 4) is 0 Å². The monoisotopic (exact) mass is 512 g/mol. The summed E-state index contributed by atoms with van der Waals surface area (Å²) in [6, 6.07) is 10.7. The second-order valence-electron chi connectivity index (χ2n) is 9.50. The molecule has 3 aromatic rings. The maximum atomic E-state index is 13.1. The quantitative estimate of drug-likeness (QED) is 0.517. The first-order valence-corrected chi connectivity index (χ1v) is 14.6. The van der Waals surface area contributed by atoms with Crippen molar-refractivity contribution in [2.24, 2.45) is 0 Å². The van der Waals surface area contributed by atoms with Gasteiger partial charge in [-0.3, -0.25) is 4.79 Å². The highest BCUT2D eigenvalue weighted by Crippen LogP contribution is 2.33. The molecular formula is C26H32N4O3S2. The largest absolute Gasteiger partial charge is 0.345 e. The first-order valence-electron chi connectivity index (χ1n) is 12.4. The number of benzene rings is 2. The average molecular weight is 513 g/mol. The predicted octanol–water partition coefficient (Wildman–Crippen LogP) is 4.44. The SMILES string of the molecule is Cc1ccc(C)c2sc(N3CCN(C(=O)c4ccc(S(=O)(=O)N5CCCCCC5)cc4)CC3)nc12. The molecule has 5 rings (SSSR count). The smallest absolute Gasteiger partial charge is 0.253 e. The molecule has 0 N–H and O–H groups in total. The van der Waals surface area contributed by atoms with Crippen molar-refractivity contribution < 1.29 is 13.2 Å². The third-order valence-electron chi connectivity index (χ3n) is 7.07. The molecule has 7 nitrogen and oxygen atoms in total. The van der Waals surface area contributed by atoms with Crippen molar-refractivity contribution in [3.05, 3.63) is 53.1 Å². The third-order valence-corrected chi connectivity index (χ3v) is 10.2. The Morgan fingerprint density at radius 2 is 1.46 bits per heavy atom. The Hall–Kier alpha value is -2.49. The van der Waals surface area contributed by atoms with Gasteiger partial charge in [-0.2, -0.15) is 4.31 Å². The average Bonchev–Trinajstić information content (AvgIpc) is 3.15. The van der Waals surface area contributed by atoms with Crippen LogP contribution in [0.25, 0.3) is 10.2 Å². The summed E-state index contributed by atoms with van der Waals surface area (Å²) in [5.74, 6) is -0.0561. The molecule has 186 valence electrons. The molecule has 0 spiro atoms. The number of piperazine rings is 1. The Morgan fingerprint density at radius 3 is 2.09 bits per heavy atom. The molecule has 0 bridgehead atoms. The number of aromatic nitrogens is 1. The van der Waals surface area contributed by atoms with Crippen LogP contribution in [0.3, 0.4) is 0 Å². The highest BCUT2D eigenvalue weighted by Gasteiger charge is 2.27. The summed E-state index contributed by atoms with van der Waals surface area (Å²) in [5.41, 5.74) is 4.02. The molecule has 0 unspecified atom stereocenters. The summed E-state index contributed by atoms with van der Waals surface area (Å²) >= 11 is 1.72. The van der Waals surface area contributed by atoms with Crippen LogP contribution in [0.2, 0.25) is 0 Å². The van der Waals surface area contributed by atoms with E-state index in [2.05, 4.69) is 30.9 Å². The van der Waals surface area contributed by atoms with Gasteiger partial charge in [-0.15, -0.1) is 0 Å². The lowest BCUT2D eigenvalue weighted by atomic mass is 10.1. The van der Waals surface area contributed by atoms with Gasteiger partial charge in [0.2, 0.25) is 10.0 Å². The second kappa shape index (κ2) is 9.87. The Bertz CT molecular complexity index is 1280. The van der Waals surface area contributed by atoms with Crippen molar-refractivity contribution in [1.29, 1.82) is 0 Å². The summed E-state index contributed by atoms with van der Waals surface area (Å²) in [4.78, 5) is 22.4. The molecule has 2 aliphatic heterocycles. The lowest BCUT2D eigenvalue weighted by Crippen LogP contribution is -2.48. The molecule has 9 heteroatoms. The maximum Gasteiger partial charge on any atom is 0.253 e. The number of amides is 1. The predicted molar refractivity (Wildman–Crippen MR) is 141 cm³/mol. The Labute approximate surface area is 211 Å². The molecule has 0 aliphatic carbocycles. The zero-order valence-corrected chi connectivity index (χ0v) is 22.0. The lowest BCUT2D eigenvalue weighted by molar-refractivity contribution is 0.0746. The van der Waals surface area contributed by atoms with Crippen molar-refractivity contribution in [1.82, 2.24) is 14.2 Å². The van der Waals surface area contributed by atoms with Crippen LogP contribution in [0, 0.1) is 13.8 Å². The number of thiazole rings is 1. The Balaban J connectivity index is 1.24. The first-order chi connectivity index (χ1) is 16.8. The van der Waals surface area contributed by atoms with Gasteiger partial charge in [0.1, 0.15) is 0 Å². The number of carbonyl (C=O) groups excluding carboxylic acids is 1. The van der Waals surface area contributed by atoms with Crippen molar-refractivity contribution in [3.63, 3.8) is 0 Å². The molecule has 1 amide bonds. The highest BCUT2D eigenvalue weighted by atomic mass is 32.2. The van der Waals surface area contributed by atoms with Crippen LogP contribution in [0.5, 0.6) is 0 Å². The van der Waals surface area contributed by atoms with E-state index in [1.807, 2.05) is 4.90 Å². The van der Waals surface area contributed by atoms with Crippen LogP contribution in [0.4, 0.5) is 5.13 Å². The fraction of sp³-hybridized carbons (Fsp3) is 0.462. The molecule has 0 radical (unpaired) electrons. The lowest BCUT2D eigenvalue weighted by Gasteiger charge is -2.34. The molecule has 2 aliphatic rings. The van der Waals surface area contributed by atoms with Crippen LogP contribution in [-0.4, -0.2) is 67.8 Å². The van der Waals surface area contributed by atoms with E-state index in [9.17, 15) is 13.2 Å². The number of hydrogen-bond donors (Lipinski definition) is 0. The zero-order chi connectivity index (χ0) is 24.6. The van der Waals surface area contributed by atoms with E-state index in [0.717, 1.165) is 49.4 Å². The van der Waals surface area contributed by atoms with Gasteiger partial charge in [0.25, 0.3) is 5.91 Å². The van der Waals surface area contributed by atoms with Gasteiger partial charge in [0, 0.05) is 44.8 Å². The molecule has 3 heterocycles. The summed E-state index contributed by atoms with van der Waals surface area (Å²) in [6.45, 7) is 8.02. The molecule has 1 aromatic heterocycles. The van der Waals surface area contributed by atoms with Gasteiger partial charge in [0.15, 0.2) is 5.13 Å². The van der Waals surface area contributed by atoms with Crippen molar-refractivity contribution >= 4 is 42.6 Å². The van der Waals surface area contributed by atoms with Gasteiger partial charge in [0.05, 0.1) is 15.1 Å². The standard InChI is InChI=1S/C26H32N4O3S2/c1-19-7-8-20(2)24-23(19)27-26(34-24)29-17-15-28(16-18-29)25(31)21-9-11-22(12-10-21)35(32,33)30-13-5-3-4-6-14-30/h7-12H,3-6,13-18H2,1-2H3. The highest BCUT2D eigenvalue weighted by molar-refractivity contribution is 7.89. The normalized spacial score (nSPS) is 18.1. The van der Waals surface area contributed by atoms with Gasteiger partial charge in [-0.25, -0.2) is 13.4 Å². The minimum Gasteiger partial charge on any atom is -0.345 e. The number of anilines is 1. The number of fused-ring (bicyclic) bond motifs is 1. The summed E-state index contributed by atoms with van der Waals surface area (Å²) < 4.78 is 28.9. The Kier molecular flexibility index (Phi) is 6.83. The van der Waals surface area contributed by atoms with Crippen LogP contribution >= 0.6 is 11.3 Å². The topological polar surface area (TPSA) is 73.8 Å². The molecule has 2 saturated heterocycles. The molecule has 2 fully saturated rings. The number of aryl methyl sites for hydroxylation is 2. The number of nitrogens with zero attached hydrogens (tertiary/aromatic N) is 4. The first kappa shape index (κ1) is 24.2. The fourth-order valence-electron chi connectivity index (χ4n) is 4.87. The minimum atomic E-state index is -3.51. The van der Waals surface area contributed by atoms with E-state index >= 15 is 0 Å². The molecule has 2 aromatic carbocycles. The number of rotatable bonds is 4. The maximum absolute atomic E-state index is 13.1. The van der Waals surface area contributed by atoms with Gasteiger partial charge in [-0.1, -0.05) is 36.3 Å². The van der Waals surface area contributed by atoms with E-state index in [-0.39, 0.29) is 10.8 Å². The van der Waals surface area contributed by atoms with E-state index in [1.165, 1.54) is 15.8 Å². The number of hydrogen-bond acceptors (Lipinski definition) is 6. The number of carbonyl (C=O) groups is 1. The molecule has 0 atom stereocenters. The minimum absolute atomic E-state index is 0.0561. The van der Waals surface area contributed by atoms with Crippen molar-refractivity contribution in [2.75, 3.05) is 44.2 Å². The van der Waals surface area contributed by atoms with Crippen LogP contribution in [0.1, 0.15) is 47.2 Å². The van der Waals surface area contributed by atoms with Gasteiger partial charge < -0.3 is 9.80 Å². The fourth-order valence-corrected chi connectivity index (χ4v) is 7.55. The summed E-state index contributed by atoms with van der Waals surface area (Å²) in [6.07, 6.45) is 3.95. The van der Waals surface area contributed by atoms with Gasteiger partial charge >= 0.3 is 0 Å². The third kappa shape index (κ3) is 4.81. The van der Waals surface area contributed by atoms with Gasteiger partial charge in [-0.05, 0) is 62.1 Å². The second-order valence-corrected chi connectivity index (χ2v) is 12.4. The van der Waals surface area contributed by atoms with E-state index in [0.29, 0.717) is 31.7 Å². The van der Waals surface area contributed by atoms with E-state index < -0.39 is 10.0 Å². The van der Waals surface area contributed by atoms with Crippen LogP contribution < -0.4 is 4.90 Å². The summed E-state index contributed by atoms with van der Waals surface area (Å²) in [7, 11) is -3.51. The molecule has 0 saturated carbocycles. The van der Waals surface area contributed by atoms with E-state index in [1.54, 1.807) is 39.9 Å². The zero-order valence-electron chi connectivity index (χ0n) is 20.4. The molecular weight excluding hydrogens is 480 g/mol. The Morgan fingerprint density at radius 1 is 0.829 bits per heavy atom.